The lowest BCUT2D eigenvalue weighted by atomic mass is 10.1. The number of anilines is 1. The number of rotatable bonds is 5. The molecule has 1 aliphatic heterocycles. The number of aromatic nitrogens is 1. The molecule has 1 fully saturated rings. The molecule has 1 aromatic carbocycles. The molecule has 128 valence electrons. The van der Waals surface area contributed by atoms with E-state index in [4.69, 9.17) is 24.7 Å². The molecule has 1 aliphatic rings. The van der Waals surface area contributed by atoms with Gasteiger partial charge < -0.3 is 24.7 Å². The number of benzene rings is 1. The molecule has 0 bridgehead atoms. The summed E-state index contributed by atoms with van der Waals surface area (Å²) in [5.41, 5.74) is 7.63. The first-order valence-electron chi connectivity index (χ1n) is 7.59. The highest BCUT2D eigenvalue weighted by Crippen LogP contribution is 2.34. The van der Waals surface area contributed by atoms with Crippen LogP contribution in [0.3, 0.4) is 0 Å². The van der Waals surface area contributed by atoms with Crippen LogP contribution in [0.15, 0.2) is 34.9 Å². The molecule has 0 saturated carbocycles. The second-order valence-corrected chi connectivity index (χ2v) is 6.19. The minimum atomic E-state index is -0.0552. The molecule has 0 radical (unpaired) electrons. The molecule has 24 heavy (non-hydrogen) atoms. The van der Waals surface area contributed by atoms with Gasteiger partial charge in [-0.3, -0.25) is 0 Å². The molecule has 0 unspecified atom stereocenters. The number of pyridine rings is 1. The van der Waals surface area contributed by atoms with Crippen LogP contribution in [0.4, 0.5) is 5.82 Å². The Bertz CT molecular complexity index is 705. The van der Waals surface area contributed by atoms with E-state index in [1.807, 2.05) is 24.3 Å². The van der Waals surface area contributed by atoms with E-state index in [1.54, 1.807) is 13.3 Å². The van der Waals surface area contributed by atoms with Crippen LogP contribution in [0.1, 0.15) is 0 Å². The molecule has 7 heteroatoms. The summed E-state index contributed by atoms with van der Waals surface area (Å²) in [4.78, 5) is 4.16. The number of nitrogens with zero attached hydrogens (tertiary/aromatic N) is 1. The highest BCUT2D eigenvalue weighted by molar-refractivity contribution is 9.10. The first-order valence-corrected chi connectivity index (χ1v) is 8.38. The summed E-state index contributed by atoms with van der Waals surface area (Å²) in [6.45, 7) is 2.21. The molecule has 3 rings (SSSR count). The topological polar surface area (TPSA) is 75.8 Å². The Balaban J connectivity index is 1.75. The highest BCUT2D eigenvalue weighted by atomic mass is 79.9. The van der Waals surface area contributed by atoms with E-state index in [-0.39, 0.29) is 6.10 Å². The van der Waals surface area contributed by atoms with Crippen molar-refractivity contribution >= 4 is 21.7 Å². The Labute approximate surface area is 149 Å². The van der Waals surface area contributed by atoms with Gasteiger partial charge in [0.1, 0.15) is 18.5 Å². The quantitative estimate of drug-likeness (QED) is 0.839. The van der Waals surface area contributed by atoms with Gasteiger partial charge in [-0.1, -0.05) is 6.07 Å². The fraction of sp³-hybridized carbons (Fsp3) is 0.353. The molecule has 0 aliphatic carbocycles. The molecule has 0 spiro atoms. The lowest BCUT2D eigenvalue weighted by Crippen LogP contribution is -2.33. The molecule has 2 N–H and O–H groups in total. The van der Waals surface area contributed by atoms with Gasteiger partial charge in [-0.2, -0.15) is 0 Å². The predicted molar refractivity (Wildman–Crippen MR) is 94.4 cm³/mol. The Morgan fingerprint density at radius 2 is 2.12 bits per heavy atom. The fourth-order valence-electron chi connectivity index (χ4n) is 2.39. The standard InChI is InChI=1S/C17H19BrN2O4/c1-21-16-7-11(12-6-14(18)17(19)20-8-12)2-3-15(16)24-10-13-9-22-4-5-23-13/h2-3,6-8,13H,4-5,9-10H2,1H3,(H2,19,20)/t13-/m1/s1. The van der Waals surface area contributed by atoms with Crippen molar-refractivity contribution in [2.75, 3.05) is 39.3 Å². The third-order valence-electron chi connectivity index (χ3n) is 3.68. The second-order valence-electron chi connectivity index (χ2n) is 5.34. The summed E-state index contributed by atoms with van der Waals surface area (Å²) in [6, 6.07) is 7.66. The summed E-state index contributed by atoms with van der Waals surface area (Å²) < 4.78 is 23.0. The van der Waals surface area contributed by atoms with Crippen LogP contribution in [0.25, 0.3) is 11.1 Å². The average Bonchev–Trinajstić information content (AvgIpc) is 2.63. The maximum Gasteiger partial charge on any atom is 0.161 e. The van der Waals surface area contributed by atoms with Crippen molar-refractivity contribution in [2.24, 2.45) is 0 Å². The van der Waals surface area contributed by atoms with Gasteiger partial charge in [-0.05, 0) is 39.7 Å². The van der Waals surface area contributed by atoms with Gasteiger partial charge in [0.15, 0.2) is 11.5 Å². The van der Waals surface area contributed by atoms with Crippen molar-refractivity contribution in [3.63, 3.8) is 0 Å². The van der Waals surface area contributed by atoms with Crippen LogP contribution in [-0.4, -0.2) is 44.6 Å². The Kier molecular flexibility index (Phi) is 5.55. The number of ether oxygens (including phenoxy) is 4. The van der Waals surface area contributed by atoms with Crippen LogP contribution < -0.4 is 15.2 Å². The summed E-state index contributed by atoms with van der Waals surface area (Å²) >= 11 is 3.39. The number of hydrogen-bond acceptors (Lipinski definition) is 6. The zero-order valence-corrected chi connectivity index (χ0v) is 14.9. The van der Waals surface area contributed by atoms with Gasteiger partial charge in [-0.25, -0.2) is 4.98 Å². The molecular formula is C17H19BrN2O4. The highest BCUT2D eigenvalue weighted by Gasteiger charge is 2.16. The maximum absolute atomic E-state index is 5.83. The van der Waals surface area contributed by atoms with Crippen molar-refractivity contribution in [1.82, 2.24) is 4.98 Å². The molecule has 2 heterocycles. The molecule has 6 nitrogen and oxygen atoms in total. The van der Waals surface area contributed by atoms with Crippen LogP contribution in [-0.2, 0) is 9.47 Å². The molecule has 1 aromatic heterocycles. The zero-order valence-electron chi connectivity index (χ0n) is 13.3. The molecule has 2 aromatic rings. The van der Waals surface area contributed by atoms with E-state index in [2.05, 4.69) is 20.9 Å². The number of methoxy groups -OCH3 is 1. The minimum Gasteiger partial charge on any atom is -0.493 e. The van der Waals surface area contributed by atoms with Crippen molar-refractivity contribution in [1.29, 1.82) is 0 Å². The van der Waals surface area contributed by atoms with E-state index in [1.165, 1.54) is 0 Å². The van der Waals surface area contributed by atoms with E-state index in [9.17, 15) is 0 Å². The number of nitrogens with two attached hydrogens (primary N) is 1. The van der Waals surface area contributed by atoms with E-state index < -0.39 is 0 Å². The molecule has 1 atom stereocenters. The van der Waals surface area contributed by atoms with Crippen molar-refractivity contribution < 1.29 is 18.9 Å². The van der Waals surface area contributed by atoms with Gasteiger partial charge in [0, 0.05) is 11.8 Å². The zero-order chi connectivity index (χ0) is 16.9. The smallest absolute Gasteiger partial charge is 0.161 e. The van der Waals surface area contributed by atoms with Crippen LogP contribution in [0.5, 0.6) is 11.5 Å². The summed E-state index contributed by atoms with van der Waals surface area (Å²) in [6.07, 6.45) is 1.67. The Morgan fingerprint density at radius 3 is 2.83 bits per heavy atom. The van der Waals surface area contributed by atoms with Gasteiger partial charge in [0.25, 0.3) is 0 Å². The SMILES string of the molecule is COc1cc(-c2cnc(N)c(Br)c2)ccc1OC[C@H]1COCCO1. The van der Waals surface area contributed by atoms with Crippen LogP contribution in [0, 0.1) is 0 Å². The van der Waals surface area contributed by atoms with E-state index in [0.29, 0.717) is 43.7 Å². The molecular weight excluding hydrogens is 376 g/mol. The van der Waals surface area contributed by atoms with Gasteiger partial charge in [0.05, 0.1) is 31.4 Å². The van der Waals surface area contributed by atoms with E-state index in [0.717, 1.165) is 15.6 Å². The Morgan fingerprint density at radius 1 is 1.25 bits per heavy atom. The maximum atomic E-state index is 5.83. The predicted octanol–water partition coefficient (Wildman–Crippen LogP) is 2.90. The van der Waals surface area contributed by atoms with Crippen molar-refractivity contribution in [3.8, 4) is 22.6 Å². The largest absolute Gasteiger partial charge is 0.493 e. The van der Waals surface area contributed by atoms with Crippen molar-refractivity contribution in [3.05, 3.63) is 34.9 Å². The third kappa shape index (κ3) is 3.98. The summed E-state index contributed by atoms with van der Waals surface area (Å²) in [5, 5.41) is 0. The fourth-order valence-corrected chi connectivity index (χ4v) is 2.74. The first-order chi connectivity index (χ1) is 11.7. The Hall–Kier alpha value is -1.83. The number of halogens is 1. The summed E-state index contributed by atoms with van der Waals surface area (Å²) in [7, 11) is 1.61. The number of nitrogen functional groups attached to an aromatic ring is 1. The van der Waals surface area contributed by atoms with Gasteiger partial charge in [0.2, 0.25) is 0 Å². The lowest BCUT2D eigenvalue weighted by molar-refractivity contribution is -0.101. The minimum absolute atomic E-state index is 0.0552. The average molecular weight is 395 g/mol. The lowest BCUT2D eigenvalue weighted by Gasteiger charge is -2.23. The first kappa shape index (κ1) is 17.0. The van der Waals surface area contributed by atoms with Gasteiger partial charge in [-0.15, -0.1) is 0 Å². The van der Waals surface area contributed by atoms with Crippen LogP contribution >= 0.6 is 15.9 Å². The third-order valence-corrected chi connectivity index (χ3v) is 4.31. The monoisotopic (exact) mass is 394 g/mol. The summed E-state index contributed by atoms with van der Waals surface area (Å²) in [5.74, 6) is 1.77. The molecule has 0 amide bonds. The normalized spacial score (nSPS) is 17.5. The molecule has 1 saturated heterocycles. The number of hydrogen-bond donors (Lipinski definition) is 1. The second kappa shape index (κ2) is 7.83. The van der Waals surface area contributed by atoms with Crippen LogP contribution in [0.2, 0.25) is 0 Å². The van der Waals surface area contributed by atoms with Gasteiger partial charge >= 0.3 is 0 Å². The van der Waals surface area contributed by atoms with E-state index >= 15 is 0 Å². The van der Waals surface area contributed by atoms with Crippen molar-refractivity contribution in [2.45, 2.75) is 6.10 Å².